The molecule has 0 saturated carbocycles. The topological polar surface area (TPSA) is 15.3 Å². The van der Waals surface area contributed by atoms with Crippen LogP contribution in [0.3, 0.4) is 0 Å². The van der Waals surface area contributed by atoms with E-state index in [4.69, 9.17) is 0 Å². The Morgan fingerprint density at radius 1 is 1.36 bits per heavy atom. The number of nitrogens with one attached hydrogen (secondary N) is 1. The second-order valence-electron chi connectivity index (χ2n) is 4.94. The average Bonchev–Trinajstić information content (AvgIpc) is 2.41. The molecule has 0 aliphatic carbocycles. The van der Waals surface area contributed by atoms with E-state index in [1.165, 1.54) is 26.1 Å². The lowest BCUT2D eigenvalue weighted by molar-refractivity contribution is 0.183. The molecule has 1 rings (SSSR count). The van der Waals surface area contributed by atoms with Crippen LogP contribution in [0.25, 0.3) is 0 Å². The summed E-state index contributed by atoms with van der Waals surface area (Å²) >= 11 is 0. The molecule has 1 fully saturated rings. The standard InChI is InChI=1S/C12H26N2/c1-5-11(4)12-8-13-6-7-14(9-12)10(2)3/h10-13H,5-9H2,1-4H3. The molecule has 1 aliphatic rings. The maximum atomic E-state index is 3.56. The van der Waals surface area contributed by atoms with Crippen LogP contribution in [0.4, 0.5) is 0 Å². The largest absolute Gasteiger partial charge is 0.315 e. The van der Waals surface area contributed by atoms with Crippen molar-refractivity contribution in [2.75, 3.05) is 26.2 Å². The van der Waals surface area contributed by atoms with Gasteiger partial charge in [0.05, 0.1) is 0 Å². The van der Waals surface area contributed by atoms with Gasteiger partial charge in [-0.25, -0.2) is 0 Å². The van der Waals surface area contributed by atoms with Crippen LogP contribution in [-0.4, -0.2) is 37.1 Å². The minimum absolute atomic E-state index is 0.696. The Kier molecular flexibility index (Phi) is 4.90. The predicted molar refractivity (Wildman–Crippen MR) is 62.5 cm³/mol. The van der Waals surface area contributed by atoms with Gasteiger partial charge in [0, 0.05) is 25.7 Å². The molecule has 0 radical (unpaired) electrons. The van der Waals surface area contributed by atoms with Crippen molar-refractivity contribution in [3.63, 3.8) is 0 Å². The van der Waals surface area contributed by atoms with Crippen molar-refractivity contribution in [1.82, 2.24) is 10.2 Å². The highest BCUT2D eigenvalue weighted by molar-refractivity contribution is 4.78. The zero-order chi connectivity index (χ0) is 10.6. The third kappa shape index (κ3) is 3.25. The SMILES string of the molecule is CCC(C)C1CNCCN(C(C)C)C1. The number of hydrogen-bond donors (Lipinski definition) is 1. The molecule has 0 amide bonds. The van der Waals surface area contributed by atoms with Crippen molar-refractivity contribution in [1.29, 1.82) is 0 Å². The fraction of sp³-hybridized carbons (Fsp3) is 1.00. The van der Waals surface area contributed by atoms with E-state index in [2.05, 4.69) is 37.9 Å². The molecule has 0 aromatic carbocycles. The van der Waals surface area contributed by atoms with Gasteiger partial charge in [-0.3, -0.25) is 4.90 Å². The highest BCUT2D eigenvalue weighted by atomic mass is 15.2. The highest BCUT2D eigenvalue weighted by Crippen LogP contribution is 2.18. The molecule has 1 aliphatic heterocycles. The third-order valence-corrected chi connectivity index (χ3v) is 3.63. The van der Waals surface area contributed by atoms with Crippen LogP contribution in [-0.2, 0) is 0 Å². The summed E-state index contributed by atoms with van der Waals surface area (Å²) in [6.45, 7) is 14.1. The van der Waals surface area contributed by atoms with Crippen molar-refractivity contribution >= 4 is 0 Å². The molecule has 2 heteroatoms. The lowest BCUT2D eigenvalue weighted by atomic mass is 9.91. The van der Waals surface area contributed by atoms with Gasteiger partial charge >= 0.3 is 0 Å². The summed E-state index contributed by atoms with van der Waals surface area (Å²) in [5, 5.41) is 3.56. The first-order chi connectivity index (χ1) is 6.65. The van der Waals surface area contributed by atoms with Gasteiger partial charge in [0.25, 0.3) is 0 Å². The van der Waals surface area contributed by atoms with Crippen LogP contribution in [0.1, 0.15) is 34.1 Å². The van der Waals surface area contributed by atoms with E-state index in [-0.39, 0.29) is 0 Å². The highest BCUT2D eigenvalue weighted by Gasteiger charge is 2.22. The van der Waals surface area contributed by atoms with E-state index in [0.29, 0.717) is 6.04 Å². The van der Waals surface area contributed by atoms with Gasteiger partial charge in [-0.2, -0.15) is 0 Å². The van der Waals surface area contributed by atoms with Crippen LogP contribution < -0.4 is 5.32 Å². The molecule has 2 atom stereocenters. The van der Waals surface area contributed by atoms with Gasteiger partial charge in [0.2, 0.25) is 0 Å². The summed E-state index contributed by atoms with van der Waals surface area (Å²) in [5.41, 5.74) is 0. The zero-order valence-corrected chi connectivity index (χ0v) is 10.2. The molecule has 2 unspecified atom stereocenters. The van der Waals surface area contributed by atoms with E-state index in [0.717, 1.165) is 18.4 Å². The Hall–Kier alpha value is -0.0800. The molecule has 0 spiro atoms. The van der Waals surface area contributed by atoms with Gasteiger partial charge in [0.15, 0.2) is 0 Å². The van der Waals surface area contributed by atoms with E-state index in [1.54, 1.807) is 0 Å². The molecule has 1 heterocycles. The Balaban J connectivity index is 2.51. The summed E-state index contributed by atoms with van der Waals surface area (Å²) in [6, 6.07) is 0.696. The minimum Gasteiger partial charge on any atom is -0.315 e. The normalized spacial score (nSPS) is 27.6. The molecule has 0 bridgehead atoms. The molecule has 14 heavy (non-hydrogen) atoms. The Morgan fingerprint density at radius 3 is 2.64 bits per heavy atom. The number of rotatable bonds is 3. The number of nitrogens with zero attached hydrogens (tertiary/aromatic N) is 1. The van der Waals surface area contributed by atoms with Gasteiger partial charge in [-0.1, -0.05) is 20.3 Å². The fourth-order valence-electron chi connectivity index (χ4n) is 2.15. The first kappa shape index (κ1) is 12.0. The van der Waals surface area contributed by atoms with E-state index in [1.807, 2.05) is 0 Å². The van der Waals surface area contributed by atoms with Gasteiger partial charge in [0.1, 0.15) is 0 Å². The van der Waals surface area contributed by atoms with Crippen LogP contribution in [0.5, 0.6) is 0 Å². The van der Waals surface area contributed by atoms with E-state index >= 15 is 0 Å². The molecule has 1 N–H and O–H groups in total. The third-order valence-electron chi connectivity index (χ3n) is 3.63. The molecule has 84 valence electrons. The lowest BCUT2D eigenvalue weighted by Gasteiger charge is -2.29. The monoisotopic (exact) mass is 198 g/mol. The summed E-state index contributed by atoms with van der Waals surface area (Å²) in [6.07, 6.45) is 1.30. The zero-order valence-electron chi connectivity index (χ0n) is 10.2. The maximum Gasteiger partial charge on any atom is 0.0110 e. The van der Waals surface area contributed by atoms with E-state index in [9.17, 15) is 0 Å². The molecular weight excluding hydrogens is 172 g/mol. The minimum atomic E-state index is 0.696. The van der Waals surface area contributed by atoms with Gasteiger partial charge in [-0.05, 0) is 32.2 Å². The van der Waals surface area contributed by atoms with Crippen molar-refractivity contribution < 1.29 is 0 Å². The predicted octanol–water partition coefficient (Wildman–Crippen LogP) is 1.96. The quantitative estimate of drug-likeness (QED) is 0.746. The molecule has 2 nitrogen and oxygen atoms in total. The van der Waals surface area contributed by atoms with Crippen LogP contribution in [0, 0.1) is 11.8 Å². The first-order valence-electron chi connectivity index (χ1n) is 6.09. The summed E-state index contributed by atoms with van der Waals surface area (Å²) in [7, 11) is 0. The second kappa shape index (κ2) is 5.72. The molecule has 0 aromatic heterocycles. The van der Waals surface area contributed by atoms with Crippen molar-refractivity contribution in [3.05, 3.63) is 0 Å². The van der Waals surface area contributed by atoms with Crippen molar-refractivity contribution in [2.24, 2.45) is 11.8 Å². The smallest absolute Gasteiger partial charge is 0.0110 e. The Labute approximate surface area is 89.1 Å². The number of hydrogen-bond acceptors (Lipinski definition) is 2. The van der Waals surface area contributed by atoms with Crippen LogP contribution in [0.2, 0.25) is 0 Å². The average molecular weight is 198 g/mol. The first-order valence-corrected chi connectivity index (χ1v) is 6.09. The van der Waals surface area contributed by atoms with Crippen LogP contribution >= 0.6 is 0 Å². The maximum absolute atomic E-state index is 3.56. The Bertz CT molecular complexity index is 156. The second-order valence-corrected chi connectivity index (χ2v) is 4.94. The summed E-state index contributed by atoms with van der Waals surface area (Å²) < 4.78 is 0. The summed E-state index contributed by atoms with van der Waals surface area (Å²) in [4.78, 5) is 2.61. The van der Waals surface area contributed by atoms with Crippen LogP contribution in [0.15, 0.2) is 0 Å². The van der Waals surface area contributed by atoms with E-state index < -0.39 is 0 Å². The Morgan fingerprint density at radius 2 is 2.07 bits per heavy atom. The van der Waals surface area contributed by atoms with Gasteiger partial charge in [-0.15, -0.1) is 0 Å². The lowest BCUT2D eigenvalue weighted by Crippen LogP contribution is -2.37. The molecule has 0 aromatic rings. The van der Waals surface area contributed by atoms with Crippen molar-refractivity contribution in [3.8, 4) is 0 Å². The summed E-state index contributed by atoms with van der Waals surface area (Å²) in [5.74, 6) is 1.69. The van der Waals surface area contributed by atoms with Gasteiger partial charge < -0.3 is 5.32 Å². The fourth-order valence-corrected chi connectivity index (χ4v) is 2.15. The molecular formula is C12H26N2. The van der Waals surface area contributed by atoms with Crippen molar-refractivity contribution in [2.45, 2.75) is 40.2 Å². The molecule has 1 saturated heterocycles.